The van der Waals surface area contributed by atoms with Crippen molar-refractivity contribution in [1.29, 1.82) is 0 Å². The Morgan fingerprint density at radius 2 is 2.13 bits per heavy atom. The van der Waals surface area contributed by atoms with E-state index in [4.69, 9.17) is 0 Å². The Balaban J connectivity index is 1.54. The lowest BCUT2D eigenvalue weighted by molar-refractivity contribution is 0.0941. The molecule has 0 saturated carbocycles. The third-order valence-corrected chi connectivity index (χ3v) is 6.45. The summed E-state index contributed by atoms with van der Waals surface area (Å²) in [4.78, 5) is 20.8. The van der Waals surface area contributed by atoms with Crippen molar-refractivity contribution in [3.63, 3.8) is 0 Å². The van der Waals surface area contributed by atoms with E-state index in [0.29, 0.717) is 0 Å². The fourth-order valence-electron chi connectivity index (χ4n) is 2.96. The molecule has 1 aromatic carbocycles. The molecule has 0 fully saturated rings. The van der Waals surface area contributed by atoms with Gasteiger partial charge in [-0.15, -0.1) is 11.3 Å². The average Bonchev–Trinajstić information content (AvgIpc) is 3.19. The van der Waals surface area contributed by atoms with Gasteiger partial charge in [0.25, 0.3) is 5.91 Å². The summed E-state index contributed by atoms with van der Waals surface area (Å²) < 4.78 is 1.08. The highest BCUT2D eigenvalue weighted by Crippen LogP contribution is 2.35. The molecule has 4 rings (SSSR count). The zero-order chi connectivity index (χ0) is 16.0. The molecule has 1 aliphatic carbocycles. The van der Waals surface area contributed by atoms with Crippen molar-refractivity contribution in [3.05, 3.63) is 46.3 Å². The molecule has 6 heteroatoms. The number of aromatic nitrogens is 1. The molecule has 3 aromatic rings. The van der Waals surface area contributed by atoms with Crippen molar-refractivity contribution >= 4 is 43.2 Å². The second-order valence-corrected chi connectivity index (χ2v) is 7.97. The molecule has 1 unspecified atom stereocenters. The molecule has 2 aromatic heterocycles. The quantitative estimate of drug-likeness (QED) is 0.786. The molecule has 0 bridgehead atoms. The van der Waals surface area contributed by atoms with Gasteiger partial charge >= 0.3 is 0 Å². The normalized spacial score (nSPS) is 16.5. The summed E-state index contributed by atoms with van der Waals surface area (Å²) >= 11 is 3.09. The van der Waals surface area contributed by atoms with E-state index in [1.165, 1.54) is 22.5 Å². The molecule has 1 amide bonds. The van der Waals surface area contributed by atoms with Gasteiger partial charge in [-0.1, -0.05) is 35.6 Å². The lowest BCUT2D eigenvalue weighted by Gasteiger charge is -2.13. The maximum absolute atomic E-state index is 12.6. The van der Waals surface area contributed by atoms with Crippen molar-refractivity contribution < 1.29 is 4.79 Å². The summed E-state index contributed by atoms with van der Waals surface area (Å²) in [6.45, 7) is 0. The lowest BCUT2D eigenvalue weighted by atomic mass is 10.1. The van der Waals surface area contributed by atoms with Crippen molar-refractivity contribution in [2.45, 2.75) is 18.9 Å². The first-order valence-corrected chi connectivity index (χ1v) is 9.21. The van der Waals surface area contributed by atoms with Gasteiger partial charge in [-0.3, -0.25) is 4.79 Å². The number of hydrogen-bond acceptors (Lipinski definition) is 5. The van der Waals surface area contributed by atoms with E-state index >= 15 is 0 Å². The predicted molar refractivity (Wildman–Crippen MR) is 96.8 cm³/mol. The molecule has 1 atom stereocenters. The Morgan fingerprint density at radius 1 is 1.30 bits per heavy atom. The number of rotatable bonds is 3. The van der Waals surface area contributed by atoms with E-state index in [2.05, 4.69) is 28.5 Å². The van der Waals surface area contributed by atoms with Gasteiger partial charge < -0.3 is 10.2 Å². The minimum absolute atomic E-state index is 0.00769. The summed E-state index contributed by atoms with van der Waals surface area (Å²) in [5.41, 5.74) is 2.61. The van der Waals surface area contributed by atoms with Gasteiger partial charge in [0.05, 0.1) is 15.6 Å². The minimum Gasteiger partial charge on any atom is -0.354 e. The largest absolute Gasteiger partial charge is 0.354 e. The molecule has 0 radical (unpaired) electrons. The van der Waals surface area contributed by atoms with Crippen molar-refractivity contribution in [3.8, 4) is 0 Å². The lowest BCUT2D eigenvalue weighted by Crippen LogP contribution is -2.26. The fourth-order valence-corrected chi connectivity index (χ4v) is 5.00. The first-order chi connectivity index (χ1) is 11.1. The summed E-state index contributed by atoms with van der Waals surface area (Å²) in [6, 6.07) is 10.5. The summed E-state index contributed by atoms with van der Waals surface area (Å²) in [7, 11) is 3.96. The maximum atomic E-state index is 12.6. The van der Waals surface area contributed by atoms with Gasteiger partial charge in [0.1, 0.15) is 4.83 Å². The zero-order valence-corrected chi connectivity index (χ0v) is 14.6. The first kappa shape index (κ1) is 14.7. The number of nitrogens with one attached hydrogen (secondary N) is 1. The van der Waals surface area contributed by atoms with Gasteiger partial charge in [0.15, 0.2) is 5.13 Å². The fraction of sp³-hybridized carbons (Fsp3) is 0.294. The van der Waals surface area contributed by atoms with Gasteiger partial charge in [0.2, 0.25) is 0 Å². The highest BCUT2D eigenvalue weighted by Gasteiger charge is 2.24. The van der Waals surface area contributed by atoms with E-state index in [9.17, 15) is 4.79 Å². The second-order valence-electron chi connectivity index (χ2n) is 5.93. The standard InChI is InChI=1S/C17H17N3OS2/c1-20(2)17-19-16-14(23-17)9-13(22-16)15(21)18-12-8-7-10-5-3-4-6-11(10)12/h3-6,9,12H,7-8H2,1-2H3,(H,18,21). The molecule has 118 valence electrons. The molecule has 0 saturated heterocycles. The van der Waals surface area contributed by atoms with Gasteiger partial charge in [-0.05, 0) is 30.0 Å². The van der Waals surface area contributed by atoms with Crippen LogP contribution < -0.4 is 10.2 Å². The van der Waals surface area contributed by atoms with E-state index in [1.54, 1.807) is 11.3 Å². The number of aryl methyl sites for hydroxylation is 1. The molecule has 1 aliphatic rings. The Labute approximate surface area is 142 Å². The van der Waals surface area contributed by atoms with Crippen LogP contribution in [0, 0.1) is 0 Å². The molecule has 2 heterocycles. The van der Waals surface area contributed by atoms with Crippen LogP contribution in [0.15, 0.2) is 30.3 Å². The molecular weight excluding hydrogens is 326 g/mol. The van der Waals surface area contributed by atoms with E-state index in [-0.39, 0.29) is 11.9 Å². The van der Waals surface area contributed by atoms with Crippen LogP contribution >= 0.6 is 22.7 Å². The van der Waals surface area contributed by atoms with Crippen molar-refractivity contribution in [2.75, 3.05) is 19.0 Å². The number of nitrogens with zero attached hydrogens (tertiary/aromatic N) is 2. The Kier molecular flexibility index (Phi) is 3.58. The number of amides is 1. The van der Waals surface area contributed by atoms with Crippen LogP contribution in [0.3, 0.4) is 0 Å². The van der Waals surface area contributed by atoms with Crippen LogP contribution in [0.25, 0.3) is 9.53 Å². The second kappa shape index (κ2) is 5.62. The number of hydrogen-bond donors (Lipinski definition) is 1. The molecule has 0 spiro atoms. The summed E-state index contributed by atoms with van der Waals surface area (Å²) in [6.07, 6.45) is 2.02. The van der Waals surface area contributed by atoms with Gasteiger partial charge in [-0.2, -0.15) is 0 Å². The highest BCUT2D eigenvalue weighted by atomic mass is 32.1. The van der Waals surface area contributed by atoms with Crippen molar-refractivity contribution in [2.24, 2.45) is 0 Å². The Hall–Kier alpha value is -1.92. The number of anilines is 1. The molecule has 4 nitrogen and oxygen atoms in total. The van der Waals surface area contributed by atoms with E-state index in [1.807, 2.05) is 31.1 Å². The van der Waals surface area contributed by atoms with Crippen LogP contribution in [0.4, 0.5) is 5.13 Å². The maximum Gasteiger partial charge on any atom is 0.261 e. The monoisotopic (exact) mass is 343 g/mol. The van der Waals surface area contributed by atoms with Gasteiger partial charge in [0, 0.05) is 14.1 Å². The van der Waals surface area contributed by atoms with Crippen LogP contribution in [-0.2, 0) is 6.42 Å². The third-order valence-electron chi connectivity index (χ3n) is 4.12. The summed E-state index contributed by atoms with van der Waals surface area (Å²) in [5.74, 6) is 0.00769. The number of carbonyl (C=O) groups is 1. The summed E-state index contributed by atoms with van der Waals surface area (Å²) in [5, 5.41) is 4.15. The van der Waals surface area contributed by atoms with E-state index < -0.39 is 0 Å². The average molecular weight is 343 g/mol. The van der Waals surface area contributed by atoms with Crippen LogP contribution in [0.5, 0.6) is 0 Å². The SMILES string of the molecule is CN(C)c1nc2sc(C(=O)NC3CCc4ccccc43)cc2s1. The molecule has 1 N–H and O–H groups in total. The van der Waals surface area contributed by atoms with Crippen LogP contribution in [0.2, 0.25) is 0 Å². The number of thiophene rings is 1. The Bertz CT molecular complexity index is 849. The number of thiazole rings is 1. The molecule has 0 aliphatic heterocycles. The Morgan fingerprint density at radius 3 is 2.91 bits per heavy atom. The van der Waals surface area contributed by atoms with Crippen LogP contribution in [-0.4, -0.2) is 25.0 Å². The van der Waals surface area contributed by atoms with E-state index in [0.717, 1.165) is 32.4 Å². The van der Waals surface area contributed by atoms with Crippen LogP contribution in [0.1, 0.15) is 33.3 Å². The third kappa shape index (κ3) is 2.62. The smallest absolute Gasteiger partial charge is 0.261 e. The minimum atomic E-state index is 0.00769. The first-order valence-electron chi connectivity index (χ1n) is 7.58. The molecular formula is C17H17N3OS2. The predicted octanol–water partition coefficient (Wildman–Crippen LogP) is 3.84. The number of carbonyl (C=O) groups excluding carboxylic acids is 1. The van der Waals surface area contributed by atoms with Gasteiger partial charge in [-0.25, -0.2) is 4.98 Å². The highest BCUT2D eigenvalue weighted by molar-refractivity contribution is 7.29. The molecule has 23 heavy (non-hydrogen) atoms. The zero-order valence-electron chi connectivity index (χ0n) is 13.0. The topological polar surface area (TPSA) is 45.2 Å². The number of benzene rings is 1. The van der Waals surface area contributed by atoms with Crippen molar-refractivity contribution in [1.82, 2.24) is 10.3 Å². The number of fused-ring (bicyclic) bond motifs is 2.